The van der Waals surface area contributed by atoms with E-state index in [9.17, 15) is 4.79 Å². The van der Waals surface area contributed by atoms with Crippen LogP contribution in [0.3, 0.4) is 0 Å². The minimum Gasteiger partial charge on any atom is -0.356 e. The molecule has 0 aromatic rings. The summed E-state index contributed by atoms with van der Waals surface area (Å²) in [6.07, 6.45) is 8.52. The van der Waals surface area contributed by atoms with Crippen molar-refractivity contribution in [1.82, 2.24) is 10.2 Å². The number of nitrogens with zero attached hydrogens (tertiary/aromatic N) is 1. The molecule has 0 bridgehead atoms. The molecule has 1 amide bonds. The number of hydrogen-bond acceptors (Lipinski definition) is 2. The van der Waals surface area contributed by atoms with Gasteiger partial charge in [-0.05, 0) is 51.1 Å². The number of hydrogen-bond donors (Lipinski definition) is 1. The standard InChI is InChI=1S/C15H28N2O/c1-13-6-4-10-17(12-13)11-5-9-16-15(18)14-7-2-3-8-14/h13-14H,2-12H2,1H3,(H,16,18)/t13-/m1/s1. The SMILES string of the molecule is C[C@@H]1CCCN(CCCNC(=O)C2CCCC2)C1. The minimum atomic E-state index is 0.305. The summed E-state index contributed by atoms with van der Waals surface area (Å²) < 4.78 is 0. The molecule has 0 aromatic carbocycles. The van der Waals surface area contributed by atoms with Gasteiger partial charge in [0.05, 0.1) is 0 Å². The molecular weight excluding hydrogens is 224 g/mol. The molecule has 3 heteroatoms. The fourth-order valence-electron chi connectivity index (χ4n) is 3.34. The Hall–Kier alpha value is -0.570. The van der Waals surface area contributed by atoms with E-state index in [-0.39, 0.29) is 0 Å². The molecule has 18 heavy (non-hydrogen) atoms. The van der Waals surface area contributed by atoms with Crippen molar-refractivity contribution in [2.45, 2.75) is 51.9 Å². The molecule has 1 N–H and O–H groups in total. The van der Waals surface area contributed by atoms with Crippen LogP contribution in [0.15, 0.2) is 0 Å². The molecule has 2 fully saturated rings. The van der Waals surface area contributed by atoms with E-state index in [0.29, 0.717) is 11.8 Å². The molecule has 1 atom stereocenters. The first-order valence-electron chi connectivity index (χ1n) is 7.76. The van der Waals surface area contributed by atoms with Crippen LogP contribution in [0.5, 0.6) is 0 Å². The zero-order valence-electron chi connectivity index (χ0n) is 11.8. The summed E-state index contributed by atoms with van der Waals surface area (Å²) in [5.74, 6) is 1.48. The van der Waals surface area contributed by atoms with E-state index in [1.807, 2.05) is 0 Å². The molecule has 1 aliphatic heterocycles. The topological polar surface area (TPSA) is 32.3 Å². The fraction of sp³-hybridized carbons (Fsp3) is 0.933. The normalized spacial score (nSPS) is 26.4. The zero-order valence-corrected chi connectivity index (χ0v) is 11.8. The maximum absolute atomic E-state index is 11.8. The van der Waals surface area contributed by atoms with E-state index in [1.165, 1.54) is 38.8 Å². The highest BCUT2D eigenvalue weighted by Gasteiger charge is 2.22. The van der Waals surface area contributed by atoms with E-state index in [4.69, 9.17) is 0 Å². The van der Waals surface area contributed by atoms with Crippen LogP contribution in [0.25, 0.3) is 0 Å². The molecule has 2 rings (SSSR count). The summed E-state index contributed by atoms with van der Waals surface area (Å²) in [6, 6.07) is 0. The molecule has 1 heterocycles. The van der Waals surface area contributed by atoms with Gasteiger partial charge in [-0.25, -0.2) is 0 Å². The van der Waals surface area contributed by atoms with Crippen LogP contribution in [0.2, 0.25) is 0 Å². The van der Waals surface area contributed by atoms with Crippen molar-refractivity contribution < 1.29 is 4.79 Å². The van der Waals surface area contributed by atoms with Crippen LogP contribution in [0, 0.1) is 11.8 Å². The summed E-state index contributed by atoms with van der Waals surface area (Å²) in [4.78, 5) is 14.4. The first-order valence-corrected chi connectivity index (χ1v) is 7.76. The highest BCUT2D eigenvalue weighted by Crippen LogP contribution is 2.24. The summed E-state index contributed by atoms with van der Waals surface area (Å²) in [6.45, 7) is 6.85. The third-order valence-electron chi connectivity index (χ3n) is 4.42. The fourth-order valence-corrected chi connectivity index (χ4v) is 3.34. The summed E-state index contributed by atoms with van der Waals surface area (Å²) in [5, 5.41) is 3.11. The molecular formula is C15H28N2O. The summed E-state index contributed by atoms with van der Waals surface area (Å²) in [5.41, 5.74) is 0. The predicted octanol–water partition coefficient (Wildman–Crippen LogP) is 2.41. The Labute approximate surface area is 111 Å². The van der Waals surface area contributed by atoms with Crippen molar-refractivity contribution in [3.63, 3.8) is 0 Å². The molecule has 2 aliphatic rings. The van der Waals surface area contributed by atoms with Gasteiger partial charge in [-0.1, -0.05) is 19.8 Å². The zero-order chi connectivity index (χ0) is 12.8. The van der Waals surface area contributed by atoms with E-state index in [0.717, 1.165) is 38.3 Å². The van der Waals surface area contributed by atoms with Gasteiger partial charge in [0, 0.05) is 19.0 Å². The van der Waals surface area contributed by atoms with Crippen LogP contribution in [0.4, 0.5) is 0 Å². The second kappa shape index (κ2) is 7.13. The number of rotatable bonds is 5. The lowest BCUT2D eigenvalue weighted by Crippen LogP contribution is -2.37. The van der Waals surface area contributed by atoms with Gasteiger partial charge >= 0.3 is 0 Å². The maximum atomic E-state index is 11.8. The van der Waals surface area contributed by atoms with Gasteiger partial charge in [0.2, 0.25) is 5.91 Å². The number of carbonyl (C=O) groups excluding carboxylic acids is 1. The van der Waals surface area contributed by atoms with Crippen LogP contribution >= 0.6 is 0 Å². The van der Waals surface area contributed by atoms with Crippen LogP contribution in [-0.4, -0.2) is 37.0 Å². The first-order chi connectivity index (χ1) is 8.75. The Kier molecular flexibility index (Phi) is 5.48. The summed E-state index contributed by atoms with van der Waals surface area (Å²) >= 11 is 0. The smallest absolute Gasteiger partial charge is 0.223 e. The van der Waals surface area contributed by atoms with E-state index in [1.54, 1.807) is 0 Å². The molecule has 1 aliphatic carbocycles. The lowest BCUT2D eigenvalue weighted by atomic mass is 10.0. The second-order valence-electron chi connectivity index (χ2n) is 6.17. The van der Waals surface area contributed by atoms with Gasteiger partial charge in [0.15, 0.2) is 0 Å². The summed E-state index contributed by atoms with van der Waals surface area (Å²) in [7, 11) is 0. The Balaban J connectivity index is 1.53. The van der Waals surface area contributed by atoms with Gasteiger partial charge in [0.1, 0.15) is 0 Å². The van der Waals surface area contributed by atoms with Crippen molar-refractivity contribution in [2.24, 2.45) is 11.8 Å². The molecule has 1 saturated carbocycles. The lowest BCUT2D eigenvalue weighted by Gasteiger charge is -2.30. The Morgan fingerprint density at radius 3 is 2.72 bits per heavy atom. The molecule has 0 spiro atoms. The van der Waals surface area contributed by atoms with E-state index >= 15 is 0 Å². The quantitative estimate of drug-likeness (QED) is 0.762. The van der Waals surface area contributed by atoms with Crippen molar-refractivity contribution in [3.05, 3.63) is 0 Å². The van der Waals surface area contributed by atoms with Crippen LogP contribution in [0.1, 0.15) is 51.9 Å². The van der Waals surface area contributed by atoms with Crippen LogP contribution < -0.4 is 5.32 Å². The van der Waals surface area contributed by atoms with Crippen molar-refractivity contribution in [3.8, 4) is 0 Å². The van der Waals surface area contributed by atoms with Gasteiger partial charge in [-0.3, -0.25) is 4.79 Å². The highest BCUT2D eigenvalue weighted by molar-refractivity contribution is 5.78. The highest BCUT2D eigenvalue weighted by atomic mass is 16.1. The van der Waals surface area contributed by atoms with Crippen molar-refractivity contribution in [2.75, 3.05) is 26.2 Å². The molecule has 1 saturated heterocycles. The first kappa shape index (κ1) is 13.9. The number of likely N-dealkylation sites (tertiary alicyclic amines) is 1. The van der Waals surface area contributed by atoms with Crippen LogP contribution in [-0.2, 0) is 4.79 Å². The van der Waals surface area contributed by atoms with Crippen molar-refractivity contribution in [1.29, 1.82) is 0 Å². The lowest BCUT2D eigenvalue weighted by molar-refractivity contribution is -0.124. The Morgan fingerprint density at radius 2 is 2.00 bits per heavy atom. The third kappa shape index (κ3) is 4.27. The number of carbonyl (C=O) groups is 1. The predicted molar refractivity (Wildman–Crippen MR) is 74.4 cm³/mol. The average Bonchev–Trinajstić information content (AvgIpc) is 2.88. The number of nitrogens with one attached hydrogen (secondary N) is 1. The minimum absolute atomic E-state index is 0.305. The maximum Gasteiger partial charge on any atom is 0.223 e. The number of amides is 1. The third-order valence-corrected chi connectivity index (χ3v) is 4.42. The second-order valence-corrected chi connectivity index (χ2v) is 6.17. The van der Waals surface area contributed by atoms with E-state index in [2.05, 4.69) is 17.1 Å². The van der Waals surface area contributed by atoms with Gasteiger partial charge in [0.25, 0.3) is 0 Å². The largest absolute Gasteiger partial charge is 0.356 e. The van der Waals surface area contributed by atoms with Crippen molar-refractivity contribution >= 4 is 5.91 Å². The Morgan fingerprint density at radius 1 is 1.22 bits per heavy atom. The molecule has 0 unspecified atom stereocenters. The molecule has 0 aromatic heterocycles. The molecule has 104 valence electrons. The van der Waals surface area contributed by atoms with Gasteiger partial charge in [-0.2, -0.15) is 0 Å². The monoisotopic (exact) mass is 252 g/mol. The number of piperidine rings is 1. The average molecular weight is 252 g/mol. The van der Waals surface area contributed by atoms with E-state index < -0.39 is 0 Å². The molecule has 3 nitrogen and oxygen atoms in total. The molecule has 0 radical (unpaired) electrons. The van der Waals surface area contributed by atoms with Gasteiger partial charge in [-0.15, -0.1) is 0 Å². The Bertz CT molecular complexity index is 261. The van der Waals surface area contributed by atoms with Gasteiger partial charge < -0.3 is 10.2 Å².